The van der Waals surface area contributed by atoms with Crippen molar-refractivity contribution in [1.82, 2.24) is 0 Å². The Balaban J connectivity index is 2.03. The maximum atomic E-state index is 10.2. The summed E-state index contributed by atoms with van der Waals surface area (Å²) >= 11 is 0. The lowest BCUT2D eigenvalue weighted by molar-refractivity contribution is 0.488. The minimum atomic E-state index is -0.894. The number of hydrogen-bond donors (Lipinski definition) is 1. The van der Waals surface area contributed by atoms with Crippen LogP contribution in [0, 0.1) is 0 Å². The van der Waals surface area contributed by atoms with E-state index in [0.717, 1.165) is 5.30 Å². The van der Waals surface area contributed by atoms with Crippen molar-refractivity contribution in [2.24, 2.45) is 0 Å². The third-order valence-corrected chi connectivity index (χ3v) is 4.98. The van der Waals surface area contributed by atoms with E-state index in [1.165, 1.54) is 32.1 Å². The van der Waals surface area contributed by atoms with E-state index in [2.05, 4.69) is 12.1 Å². The molecule has 0 aromatic heterocycles. The second-order valence-corrected chi connectivity index (χ2v) is 5.91. The molecule has 0 heterocycles. The molecule has 14 heavy (non-hydrogen) atoms. The molecular weight excluding hydrogens is 191 g/mol. The van der Waals surface area contributed by atoms with Gasteiger partial charge < -0.3 is 4.89 Å². The molecular formula is C12H17OP. The van der Waals surface area contributed by atoms with Crippen molar-refractivity contribution in [3.63, 3.8) is 0 Å². The Labute approximate surface area is 87.0 Å². The van der Waals surface area contributed by atoms with Gasteiger partial charge in [-0.1, -0.05) is 49.6 Å². The molecule has 1 aliphatic carbocycles. The minimum absolute atomic E-state index is 0.557. The molecule has 1 fully saturated rings. The molecule has 1 saturated carbocycles. The molecule has 2 heteroatoms. The van der Waals surface area contributed by atoms with E-state index in [9.17, 15) is 4.89 Å². The van der Waals surface area contributed by atoms with E-state index >= 15 is 0 Å². The van der Waals surface area contributed by atoms with Gasteiger partial charge in [0.05, 0.1) is 8.15 Å². The van der Waals surface area contributed by atoms with Gasteiger partial charge in [-0.15, -0.1) is 0 Å². The van der Waals surface area contributed by atoms with Gasteiger partial charge in [0.2, 0.25) is 0 Å². The predicted molar refractivity (Wildman–Crippen MR) is 62.1 cm³/mol. The average molecular weight is 208 g/mol. The molecule has 0 radical (unpaired) electrons. The fourth-order valence-electron chi connectivity index (χ4n) is 2.12. The third kappa shape index (κ3) is 2.34. The zero-order chi connectivity index (χ0) is 9.80. The monoisotopic (exact) mass is 208 g/mol. The summed E-state index contributed by atoms with van der Waals surface area (Å²) in [5.41, 5.74) is 0.557. The topological polar surface area (TPSA) is 20.2 Å². The van der Waals surface area contributed by atoms with Crippen LogP contribution in [0.4, 0.5) is 0 Å². The van der Waals surface area contributed by atoms with Crippen molar-refractivity contribution < 1.29 is 4.89 Å². The average Bonchev–Trinajstić information content (AvgIpc) is 2.30. The standard InChI is InChI=1S/C12H17OP/c13-14(11-7-3-1-4-8-11)12-9-5-2-6-10-12/h1,3-4,7-8,12-13H,2,5-6,9-10H2. The Bertz CT molecular complexity index is 267. The first-order valence-electron chi connectivity index (χ1n) is 5.41. The maximum absolute atomic E-state index is 10.2. The molecule has 0 bridgehead atoms. The first kappa shape index (κ1) is 10.1. The summed E-state index contributed by atoms with van der Waals surface area (Å²) in [5.74, 6) is 0. The fraction of sp³-hybridized carbons (Fsp3) is 0.500. The van der Waals surface area contributed by atoms with E-state index in [1.807, 2.05) is 18.2 Å². The van der Waals surface area contributed by atoms with Gasteiger partial charge >= 0.3 is 0 Å². The van der Waals surface area contributed by atoms with Crippen LogP contribution in [0.5, 0.6) is 0 Å². The largest absolute Gasteiger partial charge is 0.369 e. The number of benzene rings is 1. The fourth-order valence-corrected chi connectivity index (χ4v) is 3.87. The lowest BCUT2D eigenvalue weighted by Gasteiger charge is -2.26. The Kier molecular flexibility index (Phi) is 3.55. The van der Waals surface area contributed by atoms with Gasteiger partial charge in [-0.3, -0.25) is 0 Å². The van der Waals surface area contributed by atoms with Crippen LogP contribution < -0.4 is 5.30 Å². The molecule has 2 rings (SSSR count). The van der Waals surface area contributed by atoms with Gasteiger partial charge in [0.25, 0.3) is 0 Å². The summed E-state index contributed by atoms with van der Waals surface area (Å²) in [6.07, 6.45) is 6.40. The molecule has 1 N–H and O–H groups in total. The summed E-state index contributed by atoms with van der Waals surface area (Å²) < 4.78 is 0. The maximum Gasteiger partial charge on any atom is 0.0595 e. The Hall–Kier alpha value is -0.390. The highest BCUT2D eigenvalue weighted by molar-refractivity contribution is 7.60. The van der Waals surface area contributed by atoms with Crippen molar-refractivity contribution in [3.05, 3.63) is 30.3 Å². The second-order valence-electron chi connectivity index (χ2n) is 3.97. The van der Waals surface area contributed by atoms with Crippen LogP contribution >= 0.6 is 8.15 Å². The quantitative estimate of drug-likeness (QED) is 0.741. The normalized spacial score (nSPS) is 20.6. The van der Waals surface area contributed by atoms with Gasteiger partial charge in [-0.2, -0.15) is 0 Å². The van der Waals surface area contributed by atoms with Crippen LogP contribution in [-0.4, -0.2) is 10.6 Å². The molecule has 0 amide bonds. The first-order chi connectivity index (χ1) is 6.88. The smallest absolute Gasteiger partial charge is 0.0595 e. The highest BCUT2D eigenvalue weighted by Gasteiger charge is 2.22. The van der Waals surface area contributed by atoms with Gasteiger partial charge in [0.1, 0.15) is 0 Å². The summed E-state index contributed by atoms with van der Waals surface area (Å²) in [4.78, 5) is 10.2. The third-order valence-electron chi connectivity index (χ3n) is 2.94. The molecule has 1 nitrogen and oxygen atoms in total. The SMILES string of the molecule is OP(c1ccccc1)C1CCCCC1. The lowest BCUT2D eigenvalue weighted by atomic mass is 10.0. The van der Waals surface area contributed by atoms with Crippen LogP contribution in [0.1, 0.15) is 32.1 Å². The Morgan fingerprint density at radius 1 is 1.00 bits per heavy atom. The zero-order valence-electron chi connectivity index (χ0n) is 8.39. The number of hydrogen-bond acceptors (Lipinski definition) is 1. The van der Waals surface area contributed by atoms with E-state index in [-0.39, 0.29) is 0 Å². The minimum Gasteiger partial charge on any atom is -0.369 e. The highest BCUT2D eigenvalue weighted by atomic mass is 31.1. The van der Waals surface area contributed by atoms with Gasteiger partial charge in [0.15, 0.2) is 0 Å². The van der Waals surface area contributed by atoms with E-state index in [4.69, 9.17) is 0 Å². The molecule has 1 atom stereocenters. The summed E-state index contributed by atoms with van der Waals surface area (Å²) in [7, 11) is -0.894. The van der Waals surface area contributed by atoms with Crippen LogP contribution in [-0.2, 0) is 0 Å². The molecule has 76 valence electrons. The molecule has 1 aromatic carbocycles. The second kappa shape index (κ2) is 4.91. The first-order valence-corrected chi connectivity index (χ1v) is 6.77. The number of rotatable bonds is 2. The van der Waals surface area contributed by atoms with Gasteiger partial charge in [-0.25, -0.2) is 0 Å². The molecule has 0 aliphatic heterocycles. The molecule has 1 aromatic rings. The predicted octanol–water partition coefficient (Wildman–Crippen LogP) is 3.03. The molecule has 1 aliphatic rings. The Morgan fingerprint density at radius 3 is 2.29 bits per heavy atom. The highest BCUT2D eigenvalue weighted by Crippen LogP contribution is 2.43. The molecule has 0 saturated heterocycles. The van der Waals surface area contributed by atoms with Crippen molar-refractivity contribution in [3.8, 4) is 0 Å². The zero-order valence-corrected chi connectivity index (χ0v) is 9.29. The van der Waals surface area contributed by atoms with E-state index in [0.29, 0.717) is 5.66 Å². The van der Waals surface area contributed by atoms with Crippen LogP contribution in [0.3, 0.4) is 0 Å². The van der Waals surface area contributed by atoms with Crippen molar-refractivity contribution >= 4 is 13.5 Å². The van der Waals surface area contributed by atoms with Crippen LogP contribution in [0.15, 0.2) is 30.3 Å². The van der Waals surface area contributed by atoms with Gasteiger partial charge in [0, 0.05) is 11.0 Å². The Morgan fingerprint density at radius 2 is 1.64 bits per heavy atom. The molecule has 1 unspecified atom stereocenters. The summed E-state index contributed by atoms with van der Waals surface area (Å²) in [6.45, 7) is 0. The molecule has 0 spiro atoms. The van der Waals surface area contributed by atoms with Crippen molar-refractivity contribution in [2.75, 3.05) is 0 Å². The van der Waals surface area contributed by atoms with Crippen molar-refractivity contribution in [1.29, 1.82) is 0 Å². The van der Waals surface area contributed by atoms with Crippen LogP contribution in [0.25, 0.3) is 0 Å². The van der Waals surface area contributed by atoms with Gasteiger partial charge in [-0.05, 0) is 12.8 Å². The lowest BCUT2D eigenvalue weighted by Crippen LogP contribution is -2.16. The summed E-state index contributed by atoms with van der Waals surface area (Å²) in [6, 6.07) is 10.2. The van der Waals surface area contributed by atoms with Crippen LogP contribution in [0.2, 0.25) is 0 Å². The van der Waals surface area contributed by atoms with E-state index < -0.39 is 8.15 Å². The summed E-state index contributed by atoms with van der Waals surface area (Å²) in [5, 5.41) is 1.15. The van der Waals surface area contributed by atoms with Crippen molar-refractivity contribution in [2.45, 2.75) is 37.8 Å². The van der Waals surface area contributed by atoms with E-state index in [1.54, 1.807) is 0 Å².